The van der Waals surface area contributed by atoms with Gasteiger partial charge in [-0.2, -0.15) is 0 Å². The lowest BCUT2D eigenvalue weighted by Gasteiger charge is -2.34. The molecule has 142 valence electrons. The van der Waals surface area contributed by atoms with Crippen molar-refractivity contribution in [3.63, 3.8) is 0 Å². The van der Waals surface area contributed by atoms with Gasteiger partial charge in [0.1, 0.15) is 12.4 Å². The first-order valence-electron chi connectivity index (χ1n) is 9.73. The topological polar surface area (TPSA) is 32.8 Å². The number of nitrogens with zero attached hydrogens (tertiary/aromatic N) is 2. The Hall–Kier alpha value is -2.33. The van der Waals surface area contributed by atoms with Crippen LogP contribution in [0.25, 0.3) is 0 Å². The van der Waals surface area contributed by atoms with Gasteiger partial charge in [0.05, 0.1) is 11.5 Å². The highest BCUT2D eigenvalue weighted by molar-refractivity contribution is 5.91. The number of carbonyl (C=O) groups is 1. The van der Waals surface area contributed by atoms with E-state index in [0.29, 0.717) is 13.2 Å². The van der Waals surface area contributed by atoms with Crippen LogP contribution in [0, 0.1) is 6.92 Å². The van der Waals surface area contributed by atoms with Crippen molar-refractivity contribution in [1.82, 2.24) is 9.80 Å². The Labute approximate surface area is 161 Å². The SMILES string of the molecule is Cc1ccc(C2(C(=O)N3Cc4ccccc4OCC3CN(C)C)CC2)cc1. The van der Waals surface area contributed by atoms with E-state index in [1.165, 1.54) is 5.56 Å². The van der Waals surface area contributed by atoms with Gasteiger partial charge < -0.3 is 14.5 Å². The van der Waals surface area contributed by atoms with E-state index >= 15 is 0 Å². The molecule has 1 saturated carbocycles. The number of hydrogen-bond acceptors (Lipinski definition) is 3. The van der Waals surface area contributed by atoms with Crippen molar-refractivity contribution < 1.29 is 9.53 Å². The summed E-state index contributed by atoms with van der Waals surface area (Å²) in [5.41, 5.74) is 3.12. The number of amides is 1. The summed E-state index contributed by atoms with van der Waals surface area (Å²) in [7, 11) is 4.10. The highest BCUT2D eigenvalue weighted by Gasteiger charge is 2.54. The summed E-state index contributed by atoms with van der Waals surface area (Å²) in [5, 5.41) is 0. The Kier molecular flexibility index (Phi) is 4.68. The number of fused-ring (bicyclic) bond motifs is 1. The van der Waals surface area contributed by atoms with Gasteiger partial charge in [-0.25, -0.2) is 0 Å². The molecule has 0 bridgehead atoms. The van der Waals surface area contributed by atoms with Crippen LogP contribution in [0.5, 0.6) is 5.75 Å². The normalized spacial score (nSPS) is 20.6. The number of rotatable bonds is 4. The average Bonchev–Trinajstić information content (AvgIpc) is 3.47. The summed E-state index contributed by atoms with van der Waals surface area (Å²) in [5.74, 6) is 1.15. The van der Waals surface area contributed by atoms with Gasteiger partial charge >= 0.3 is 0 Å². The largest absolute Gasteiger partial charge is 0.491 e. The number of benzene rings is 2. The van der Waals surface area contributed by atoms with E-state index < -0.39 is 0 Å². The van der Waals surface area contributed by atoms with E-state index in [4.69, 9.17) is 4.74 Å². The van der Waals surface area contributed by atoms with Gasteiger partial charge in [-0.15, -0.1) is 0 Å². The Balaban J connectivity index is 1.67. The molecule has 0 aromatic heterocycles. The molecule has 1 fully saturated rings. The molecule has 4 rings (SSSR count). The molecule has 2 aromatic rings. The number of ether oxygens (including phenoxy) is 1. The van der Waals surface area contributed by atoms with Crippen molar-refractivity contribution in [3.05, 3.63) is 65.2 Å². The molecule has 27 heavy (non-hydrogen) atoms. The molecule has 1 aliphatic carbocycles. The van der Waals surface area contributed by atoms with Gasteiger partial charge in [0.25, 0.3) is 0 Å². The summed E-state index contributed by atoms with van der Waals surface area (Å²) < 4.78 is 6.08. The maximum Gasteiger partial charge on any atom is 0.233 e. The van der Waals surface area contributed by atoms with Gasteiger partial charge in [0.15, 0.2) is 0 Å². The van der Waals surface area contributed by atoms with Crippen LogP contribution in [0.2, 0.25) is 0 Å². The first-order chi connectivity index (χ1) is 13.0. The summed E-state index contributed by atoms with van der Waals surface area (Å²) >= 11 is 0. The van der Waals surface area contributed by atoms with Gasteiger partial charge in [-0.1, -0.05) is 48.0 Å². The van der Waals surface area contributed by atoms with Crippen molar-refractivity contribution in [1.29, 1.82) is 0 Å². The highest BCUT2D eigenvalue weighted by Crippen LogP contribution is 2.50. The zero-order valence-corrected chi connectivity index (χ0v) is 16.4. The molecule has 1 heterocycles. The summed E-state index contributed by atoms with van der Waals surface area (Å²) in [6, 6.07) is 16.6. The van der Waals surface area contributed by atoms with Gasteiger partial charge in [-0.3, -0.25) is 4.79 Å². The Morgan fingerprint density at radius 3 is 2.52 bits per heavy atom. The number of para-hydroxylation sites is 1. The quantitative estimate of drug-likeness (QED) is 0.834. The van der Waals surface area contributed by atoms with Crippen LogP contribution >= 0.6 is 0 Å². The third-order valence-electron chi connectivity index (χ3n) is 5.79. The Morgan fingerprint density at radius 2 is 1.85 bits per heavy atom. The minimum Gasteiger partial charge on any atom is -0.491 e. The number of hydrogen-bond donors (Lipinski definition) is 0. The lowest BCUT2D eigenvalue weighted by molar-refractivity contribution is -0.137. The molecule has 0 spiro atoms. The molecule has 0 N–H and O–H groups in total. The Morgan fingerprint density at radius 1 is 1.15 bits per heavy atom. The van der Waals surface area contributed by atoms with Crippen molar-refractivity contribution in [2.75, 3.05) is 27.2 Å². The second-order valence-electron chi connectivity index (χ2n) is 8.22. The van der Waals surface area contributed by atoms with Gasteiger partial charge in [0.2, 0.25) is 5.91 Å². The van der Waals surface area contributed by atoms with Crippen LogP contribution in [-0.2, 0) is 16.8 Å². The standard InChI is InChI=1S/C23H28N2O2/c1-17-8-10-19(11-9-17)23(12-13-23)22(26)25-14-18-6-4-5-7-21(18)27-16-20(25)15-24(2)3/h4-11,20H,12-16H2,1-3H3. The fourth-order valence-corrected chi connectivity index (χ4v) is 4.07. The van der Waals surface area contributed by atoms with Gasteiger partial charge in [-0.05, 0) is 45.5 Å². The molecule has 1 atom stereocenters. The summed E-state index contributed by atoms with van der Waals surface area (Å²) in [4.78, 5) is 18.0. The molecular weight excluding hydrogens is 336 g/mol. The van der Waals surface area contributed by atoms with Crippen molar-refractivity contribution in [3.8, 4) is 5.75 Å². The molecule has 1 aliphatic heterocycles. The number of aryl methyl sites for hydroxylation is 1. The molecule has 4 nitrogen and oxygen atoms in total. The summed E-state index contributed by atoms with van der Waals surface area (Å²) in [6.07, 6.45) is 1.87. The van der Waals surface area contributed by atoms with Crippen molar-refractivity contribution >= 4 is 5.91 Å². The van der Waals surface area contributed by atoms with Crippen LogP contribution in [0.1, 0.15) is 29.5 Å². The van der Waals surface area contributed by atoms with E-state index in [1.807, 2.05) is 32.3 Å². The zero-order valence-electron chi connectivity index (χ0n) is 16.4. The minimum absolute atomic E-state index is 0.0443. The third kappa shape index (κ3) is 3.46. The predicted molar refractivity (Wildman–Crippen MR) is 107 cm³/mol. The number of likely N-dealkylation sites (N-methyl/N-ethyl adjacent to an activating group) is 1. The molecule has 2 aliphatic rings. The average molecular weight is 364 g/mol. The van der Waals surface area contributed by atoms with E-state index in [9.17, 15) is 4.79 Å². The maximum atomic E-state index is 13.8. The maximum absolute atomic E-state index is 13.8. The van der Waals surface area contributed by atoms with Crippen LogP contribution in [0.3, 0.4) is 0 Å². The third-order valence-corrected chi connectivity index (χ3v) is 5.79. The fraction of sp³-hybridized carbons (Fsp3) is 0.435. The van der Waals surface area contributed by atoms with E-state index in [2.05, 4.69) is 47.1 Å². The lowest BCUT2D eigenvalue weighted by Crippen LogP contribution is -2.50. The number of carbonyl (C=O) groups excluding carboxylic acids is 1. The van der Waals surface area contributed by atoms with Crippen LogP contribution in [0.15, 0.2) is 48.5 Å². The van der Waals surface area contributed by atoms with Crippen LogP contribution < -0.4 is 4.74 Å². The second kappa shape index (κ2) is 7.01. The van der Waals surface area contributed by atoms with Crippen molar-refractivity contribution in [2.45, 2.75) is 37.8 Å². The predicted octanol–water partition coefficient (Wildman–Crippen LogP) is 3.38. The molecule has 0 radical (unpaired) electrons. The molecule has 1 amide bonds. The molecular formula is C23H28N2O2. The summed E-state index contributed by atoms with van der Waals surface area (Å²) in [6.45, 7) is 4.02. The highest BCUT2D eigenvalue weighted by atomic mass is 16.5. The second-order valence-corrected chi connectivity index (χ2v) is 8.22. The molecule has 4 heteroatoms. The lowest BCUT2D eigenvalue weighted by atomic mass is 9.92. The van der Waals surface area contributed by atoms with E-state index in [0.717, 1.165) is 36.3 Å². The molecule has 0 saturated heterocycles. The molecule has 2 aromatic carbocycles. The smallest absolute Gasteiger partial charge is 0.233 e. The van der Waals surface area contributed by atoms with Crippen LogP contribution in [-0.4, -0.2) is 49.0 Å². The zero-order chi connectivity index (χ0) is 19.0. The van der Waals surface area contributed by atoms with Crippen molar-refractivity contribution in [2.24, 2.45) is 0 Å². The minimum atomic E-state index is -0.350. The van der Waals surface area contributed by atoms with Crippen LogP contribution in [0.4, 0.5) is 0 Å². The van der Waals surface area contributed by atoms with E-state index in [1.54, 1.807) is 0 Å². The van der Waals surface area contributed by atoms with Gasteiger partial charge in [0, 0.05) is 18.7 Å². The monoisotopic (exact) mass is 364 g/mol. The molecule has 1 unspecified atom stereocenters. The van der Waals surface area contributed by atoms with E-state index in [-0.39, 0.29) is 17.4 Å². The fourth-order valence-electron chi connectivity index (χ4n) is 4.07. The first-order valence-corrected chi connectivity index (χ1v) is 9.73. The first kappa shape index (κ1) is 18.1. The Bertz CT molecular complexity index is 825.